The summed E-state index contributed by atoms with van der Waals surface area (Å²) in [6.07, 6.45) is 0.307. The minimum absolute atomic E-state index is 0.186. The van der Waals surface area contributed by atoms with Crippen LogP contribution in [0.2, 0.25) is 0 Å². The normalized spacial score (nSPS) is 21.3. The molecule has 0 spiro atoms. The number of rotatable bonds is 1. The van der Waals surface area contributed by atoms with E-state index in [1.807, 2.05) is 0 Å². The van der Waals surface area contributed by atoms with Gasteiger partial charge in [0.05, 0.1) is 0 Å². The molecule has 2 rings (SSSR count). The van der Waals surface area contributed by atoms with Gasteiger partial charge in [-0.2, -0.15) is 0 Å². The SMILES string of the molecule is CN1CCC(c2ccc(O)cc2)OC1=O. The van der Waals surface area contributed by atoms with E-state index in [2.05, 4.69) is 0 Å². The van der Waals surface area contributed by atoms with Gasteiger partial charge >= 0.3 is 6.09 Å². The average molecular weight is 207 g/mol. The van der Waals surface area contributed by atoms with Crippen molar-refractivity contribution in [2.45, 2.75) is 12.5 Å². The highest BCUT2D eigenvalue weighted by Gasteiger charge is 2.25. The Labute approximate surface area is 88.1 Å². The highest BCUT2D eigenvalue weighted by atomic mass is 16.6. The number of amides is 1. The Bertz CT molecular complexity index is 361. The summed E-state index contributed by atoms with van der Waals surface area (Å²) in [7, 11) is 1.72. The zero-order valence-corrected chi connectivity index (χ0v) is 8.51. The van der Waals surface area contributed by atoms with E-state index in [1.165, 1.54) is 0 Å². The number of ether oxygens (including phenoxy) is 1. The summed E-state index contributed by atoms with van der Waals surface area (Å²) in [5.74, 6) is 0.220. The first-order valence-corrected chi connectivity index (χ1v) is 4.87. The Balaban J connectivity index is 2.12. The topological polar surface area (TPSA) is 49.8 Å². The van der Waals surface area contributed by atoms with Gasteiger partial charge in [0, 0.05) is 20.0 Å². The number of carbonyl (C=O) groups is 1. The minimum atomic E-state index is -0.292. The molecule has 0 aliphatic carbocycles. The molecular weight excluding hydrogens is 194 g/mol. The van der Waals surface area contributed by atoms with Crippen molar-refractivity contribution in [1.82, 2.24) is 4.90 Å². The van der Waals surface area contributed by atoms with E-state index in [0.29, 0.717) is 6.54 Å². The third-order valence-electron chi connectivity index (χ3n) is 2.55. The van der Waals surface area contributed by atoms with Crippen molar-refractivity contribution in [2.75, 3.05) is 13.6 Å². The molecule has 1 fully saturated rings. The van der Waals surface area contributed by atoms with Crippen molar-refractivity contribution in [3.63, 3.8) is 0 Å². The zero-order chi connectivity index (χ0) is 10.8. The van der Waals surface area contributed by atoms with Crippen LogP contribution in [0.1, 0.15) is 18.1 Å². The lowest BCUT2D eigenvalue weighted by molar-refractivity contribution is 0.0324. The van der Waals surface area contributed by atoms with Gasteiger partial charge in [-0.05, 0) is 17.7 Å². The van der Waals surface area contributed by atoms with E-state index in [-0.39, 0.29) is 17.9 Å². The van der Waals surface area contributed by atoms with E-state index in [1.54, 1.807) is 36.2 Å². The Kier molecular flexibility index (Phi) is 2.49. The number of hydrogen-bond acceptors (Lipinski definition) is 3. The molecule has 1 heterocycles. The quantitative estimate of drug-likeness (QED) is 0.765. The van der Waals surface area contributed by atoms with Gasteiger partial charge in [0.15, 0.2) is 0 Å². The summed E-state index contributed by atoms with van der Waals surface area (Å²) in [4.78, 5) is 12.9. The van der Waals surface area contributed by atoms with Gasteiger partial charge in [-0.1, -0.05) is 12.1 Å². The number of phenols is 1. The molecule has 1 atom stereocenters. The Hall–Kier alpha value is -1.71. The number of phenolic OH excluding ortho intramolecular Hbond substituents is 1. The van der Waals surface area contributed by atoms with Crippen LogP contribution in [0.3, 0.4) is 0 Å². The second kappa shape index (κ2) is 3.81. The maximum Gasteiger partial charge on any atom is 0.410 e. The minimum Gasteiger partial charge on any atom is -0.508 e. The number of aromatic hydroxyl groups is 1. The van der Waals surface area contributed by atoms with Crippen LogP contribution < -0.4 is 0 Å². The van der Waals surface area contributed by atoms with Crippen molar-refractivity contribution < 1.29 is 14.6 Å². The van der Waals surface area contributed by atoms with Crippen molar-refractivity contribution in [2.24, 2.45) is 0 Å². The summed E-state index contributed by atoms with van der Waals surface area (Å²) < 4.78 is 5.23. The molecule has 1 aliphatic rings. The summed E-state index contributed by atoms with van der Waals surface area (Å²) in [6.45, 7) is 0.699. The molecule has 1 aromatic rings. The third-order valence-corrected chi connectivity index (χ3v) is 2.55. The lowest BCUT2D eigenvalue weighted by Crippen LogP contribution is -2.35. The largest absolute Gasteiger partial charge is 0.508 e. The molecule has 0 saturated carbocycles. The molecule has 80 valence electrons. The monoisotopic (exact) mass is 207 g/mol. The highest BCUT2D eigenvalue weighted by molar-refractivity contribution is 5.68. The first-order chi connectivity index (χ1) is 7.16. The number of hydrogen-bond donors (Lipinski definition) is 1. The van der Waals surface area contributed by atoms with Gasteiger partial charge in [-0.15, -0.1) is 0 Å². The van der Waals surface area contributed by atoms with Gasteiger partial charge in [-0.25, -0.2) is 4.79 Å². The van der Waals surface area contributed by atoms with Crippen LogP contribution in [0.4, 0.5) is 4.79 Å². The molecular formula is C11H13NO3. The highest BCUT2D eigenvalue weighted by Crippen LogP contribution is 2.27. The standard InChI is InChI=1S/C11H13NO3/c1-12-7-6-10(15-11(12)14)8-2-4-9(13)5-3-8/h2-5,10,13H,6-7H2,1H3. The van der Waals surface area contributed by atoms with Crippen LogP contribution in [0, 0.1) is 0 Å². The fourth-order valence-corrected chi connectivity index (χ4v) is 1.60. The second-order valence-corrected chi connectivity index (χ2v) is 3.67. The van der Waals surface area contributed by atoms with Crippen LogP contribution in [0.5, 0.6) is 5.75 Å². The summed E-state index contributed by atoms with van der Waals surface area (Å²) in [5, 5.41) is 9.13. The van der Waals surface area contributed by atoms with Crippen LogP contribution >= 0.6 is 0 Å². The fourth-order valence-electron chi connectivity index (χ4n) is 1.60. The number of nitrogens with zero attached hydrogens (tertiary/aromatic N) is 1. The van der Waals surface area contributed by atoms with E-state index >= 15 is 0 Å². The Morgan fingerprint density at radius 2 is 2.07 bits per heavy atom. The third kappa shape index (κ3) is 2.03. The van der Waals surface area contributed by atoms with Crippen LogP contribution in [-0.2, 0) is 4.74 Å². The summed E-state index contributed by atoms with van der Waals surface area (Å²) >= 11 is 0. The first-order valence-electron chi connectivity index (χ1n) is 4.87. The fraction of sp³-hybridized carbons (Fsp3) is 0.364. The van der Waals surface area contributed by atoms with Crippen molar-refractivity contribution >= 4 is 6.09 Å². The lowest BCUT2D eigenvalue weighted by atomic mass is 10.1. The van der Waals surface area contributed by atoms with Crippen LogP contribution in [0.25, 0.3) is 0 Å². The van der Waals surface area contributed by atoms with E-state index in [9.17, 15) is 4.79 Å². The van der Waals surface area contributed by atoms with Crippen molar-refractivity contribution in [1.29, 1.82) is 0 Å². The molecule has 0 aromatic heterocycles. The molecule has 4 nitrogen and oxygen atoms in total. The Morgan fingerprint density at radius 3 is 2.67 bits per heavy atom. The van der Waals surface area contributed by atoms with Crippen LogP contribution in [0.15, 0.2) is 24.3 Å². The van der Waals surface area contributed by atoms with Crippen molar-refractivity contribution in [3.05, 3.63) is 29.8 Å². The summed E-state index contributed by atoms with van der Waals surface area (Å²) in [6, 6.07) is 6.75. The van der Waals surface area contributed by atoms with Gasteiger partial charge in [0.1, 0.15) is 11.9 Å². The van der Waals surface area contributed by atoms with E-state index < -0.39 is 0 Å². The van der Waals surface area contributed by atoms with E-state index in [4.69, 9.17) is 9.84 Å². The smallest absolute Gasteiger partial charge is 0.410 e. The van der Waals surface area contributed by atoms with Gasteiger partial charge in [0.2, 0.25) is 0 Å². The molecule has 1 aromatic carbocycles. The molecule has 1 saturated heterocycles. The molecule has 1 amide bonds. The molecule has 1 N–H and O–H groups in total. The molecule has 0 bridgehead atoms. The zero-order valence-electron chi connectivity index (χ0n) is 8.51. The molecule has 0 radical (unpaired) electrons. The maximum absolute atomic E-state index is 11.3. The molecule has 15 heavy (non-hydrogen) atoms. The molecule has 1 aliphatic heterocycles. The maximum atomic E-state index is 11.3. The van der Waals surface area contributed by atoms with E-state index in [0.717, 1.165) is 12.0 Å². The van der Waals surface area contributed by atoms with Crippen molar-refractivity contribution in [3.8, 4) is 5.75 Å². The summed E-state index contributed by atoms with van der Waals surface area (Å²) in [5.41, 5.74) is 0.925. The predicted octanol–water partition coefficient (Wildman–Crippen LogP) is 1.91. The Morgan fingerprint density at radius 1 is 1.40 bits per heavy atom. The number of carbonyl (C=O) groups excluding carboxylic acids is 1. The number of benzene rings is 1. The number of cyclic esters (lactones) is 1. The lowest BCUT2D eigenvalue weighted by Gasteiger charge is -2.29. The first kappa shape index (κ1) is 9.83. The average Bonchev–Trinajstić information content (AvgIpc) is 2.23. The van der Waals surface area contributed by atoms with Gasteiger partial charge in [0.25, 0.3) is 0 Å². The van der Waals surface area contributed by atoms with Gasteiger partial charge in [-0.3, -0.25) is 0 Å². The molecule has 1 unspecified atom stereocenters. The second-order valence-electron chi connectivity index (χ2n) is 3.67. The predicted molar refractivity (Wildman–Crippen MR) is 54.6 cm³/mol. The van der Waals surface area contributed by atoms with Crippen LogP contribution in [-0.4, -0.2) is 29.7 Å². The molecule has 4 heteroatoms. The van der Waals surface area contributed by atoms with Gasteiger partial charge < -0.3 is 14.7 Å².